The Morgan fingerprint density at radius 1 is 1.32 bits per heavy atom. The number of benzene rings is 2. The number of hydrogen-bond donors (Lipinski definition) is 1. The van der Waals surface area contributed by atoms with Gasteiger partial charge in [0.25, 0.3) is 5.91 Å². The molecule has 7 nitrogen and oxygen atoms in total. The van der Waals surface area contributed by atoms with Crippen LogP contribution in [0.15, 0.2) is 42.5 Å². The summed E-state index contributed by atoms with van der Waals surface area (Å²) < 4.78 is 24.4. The van der Waals surface area contributed by atoms with Crippen LogP contribution in [-0.4, -0.2) is 50.1 Å². The smallest absolute Gasteiger partial charge is 0.260 e. The summed E-state index contributed by atoms with van der Waals surface area (Å²) >= 11 is 0. The molecule has 1 atom stereocenters. The number of likely N-dealkylation sites (N-methyl/N-ethyl adjacent to an activating group) is 1. The number of hydrogen-bond acceptors (Lipinski definition) is 5. The summed E-state index contributed by atoms with van der Waals surface area (Å²) in [7, 11) is 3.04. The second kappa shape index (κ2) is 8.16. The molecule has 1 aliphatic heterocycles. The Morgan fingerprint density at radius 2 is 2.07 bits per heavy atom. The summed E-state index contributed by atoms with van der Waals surface area (Å²) in [6, 6.07) is 11.7. The standard InChI is InChI=1S/C20H22FN3O4/c1-23(10-13-7-8-16(27-2)14(21)9-13)19(25)12-24-11-18(20(22)26)28-17-6-4-3-5-15(17)24/h3-9,18H,10-12H2,1-2H3,(H2,22,26). The Bertz CT molecular complexity index is 890. The Hall–Kier alpha value is -3.29. The molecule has 2 aromatic carbocycles. The fourth-order valence-corrected chi connectivity index (χ4v) is 3.06. The van der Waals surface area contributed by atoms with Crippen LogP contribution < -0.4 is 20.1 Å². The van der Waals surface area contributed by atoms with Crippen molar-refractivity contribution in [2.24, 2.45) is 5.73 Å². The van der Waals surface area contributed by atoms with E-state index in [-0.39, 0.29) is 31.3 Å². The third kappa shape index (κ3) is 4.16. The molecule has 2 N–H and O–H groups in total. The zero-order chi connectivity index (χ0) is 20.3. The van der Waals surface area contributed by atoms with E-state index in [1.807, 2.05) is 12.1 Å². The van der Waals surface area contributed by atoms with Crippen LogP contribution in [-0.2, 0) is 16.1 Å². The molecular formula is C20H22FN3O4. The van der Waals surface area contributed by atoms with Gasteiger partial charge in [0.1, 0.15) is 5.75 Å². The second-order valence-electron chi connectivity index (χ2n) is 6.58. The van der Waals surface area contributed by atoms with Gasteiger partial charge < -0.3 is 25.0 Å². The number of nitrogens with two attached hydrogens (primary N) is 1. The highest BCUT2D eigenvalue weighted by molar-refractivity contribution is 5.85. The van der Waals surface area contributed by atoms with Crippen LogP contribution in [0.5, 0.6) is 11.5 Å². The largest absolute Gasteiger partial charge is 0.494 e. The predicted octanol–water partition coefficient (Wildman–Crippen LogP) is 1.55. The molecule has 0 aliphatic carbocycles. The molecule has 0 spiro atoms. The van der Waals surface area contributed by atoms with Crippen LogP contribution in [0.4, 0.5) is 10.1 Å². The fourth-order valence-electron chi connectivity index (χ4n) is 3.06. The van der Waals surface area contributed by atoms with E-state index in [1.165, 1.54) is 24.1 Å². The number of ether oxygens (including phenoxy) is 2. The third-order valence-corrected chi connectivity index (χ3v) is 4.57. The minimum atomic E-state index is -0.830. The Kier molecular flexibility index (Phi) is 5.67. The first-order valence-electron chi connectivity index (χ1n) is 8.75. The number of amides is 2. The van der Waals surface area contributed by atoms with Crippen molar-refractivity contribution in [2.45, 2.75) is 12.6 Å². The van der Waals surface area contributed by atoms with Crippen molar-refractivity contribution >= 4 is 17.5 Å². The maximum atomic E-state index is 13.9. The Morgan fingerprint density at radius 3 is 2.75 bits per heavy atom. The summed E-state index contributed by atoms with van der Waals surface area (Å²) in [4.78, 5) is 27.6. The lowest BCUT2D eigenvalue weighted by molar-refractivity contribution is -0.129. The van der Waals surface area contributed by atoms with Crippen LogP contribution in [0.25, 0.3) is 0 Å². The van der Waals surface area contributed by atoms with E-state index in [4.69, 9.17) is 15.2 Å². The average molecular weight is 387 g/mol. The SMILES string of the molecule is COc1ccc(CN(C)C(=O)CN2CC(C(N)=O)Oc3ccccc32)cc1F. The van der Waals surface area contributed by atoms with Crippen LogP contribution in [0.3, 0.4) is 0 Å². The fraction of sp³-hybridized carbons (Fsp3) is 0.300. The summed E-state index contributed by atoms with van der Waals surface area (Å²) in [5.41, 5.74) is 6.75. The molecule has 0 fully saturated rings. The van der Waals surface area contributed by atoms with E-state index in [0.29, 0.717) is 11.3 Å². The number of carbonyl (C=O) groups is 2. The van der Waals surface area contributed by atoms with Crippen molar-refractivity contribution in [3.05, 3.63) is 53.8 Å². The molecule has 3 rings (SSSR count). The van der Waals surface area contributed by atoms with Gasteiger partial charge in [-0.1, -0.05) is 18.2 Å². The molecule has 0 saturated heterocycles. The van der Waals surface area contributed by atoms with Gasteiger partial charge in [-0.25, -0.2) is 4.39 Å². The Balaban J connectivity index is 1.71. The van der Waals surface area contributed by atoms with Gasteiger partial charge in [0, 0.05) is 13.6 Å². The van der Waals surface area contributed by atoms with Gasteiger partial charge in [0.2, 0.25) is 5.91 Å². The summed E-state index contributed by atoms with van der Waals surface area (Å²) in [5.74, 6) is -0.595. The number of para-hydroxylation sites is 2. The summed E-state index contributed by atoms with van der Waals surface area (Å²) in [5, 5.41) is 0. The normalized spacial score (nSPS) is 15.4. The molecule has 148 valence electrons. The van der Waals surface area contributed by atoms with E-state index >= 15 is 0 Å². The molecular weight excluding hydrogens is 365 g/mol. The Labute approximate surface area is 162 Å². The number of halogens is 1. The topological polar surface area (TPSA) is 85.1 Å². The molecule has 0 radical (unpaired) electrons. The van der Waals surface area contributed by atoms with Crippen LogP contribution in [0.2, 0.25) is 0 Å². The highest BCUT2D eigenvalue weighted by atomic mass is 19.1. The van der Waals surface area contributed by atoms with E-state index in [0.717, 1.165) is 5.69 Å². The highest BCUT2D eigenvalue weighted by Gasteiger charge is 2.30. The van der Waals surface area contributed by atoms with Crippen LogP contribution in [0.1, 0.15) is 5.56 Å². The van der Waals surface area contributed by atoms with Crippen molar-refractivity contribution in [3.63, 3.8) is 0 Å². The van der Waals surface area contributed by atoms with Gasteiger partial charge >= 0.3 is 0 Å². The number of methoxy groups -OCH3 is 1. The van der Waals surface area contributed by atoms with Crippen molar-refractivity contribution in [1.29, 1.82) is 0 Å². The summed E-state index contributed by atoms with van der Waals surface area (Å²) in [6.07, 6.45) is -0.830. The molecule has 0 aromatic heterocycles. The zero-order valence-electron chi connectivity index (χ0n) is 15.7. The quantitative estimate of drug-likeness (QED) is 0.813. The van der Waals surface area contributed by atoms with Gasteiger partial charge in [0.05, 0.1) is 25.9 Å². The van der Waals surface area contributed by atoms with Gasteiger partial charge in [-0.2, -0.15) is 0 Å². The zero-order valence-corrected chi connectivity index (χ0v) is 15.7. The molecule has 1 heterocycles. The van der Waals surface area contributed by atoms with Crippen LogP contribution >= 0.6 is 0 Å². The average Bonchev–Trinajstić information content (AvgIpc) is 2.67. The van der Waals surface area contributed by atoms with Crippen molar-refractivity contribution < 1.29 is 23.5 Å². The monoisotopic (exact) mass is 387 g/mol. The number of rotatable bonds is 6. The number of carbonyl (C=O) groups excluding carboxylic acids is 2. The molecule has 0 saturated carbocycles. The highest BCUT2D eigenvalue weighted by Crippen LogP contribution is 2.32. The molecule has 2 aromatic rings. The molecule has 2 amide bonds. The van der Waals surface area contributed by atoms with Crippen molar-refractivity contribution in [3.8, 4) is 11.5 Å². The van der Waals surface area contributed by atoms with Gasteiger partial charge in [-0.15, -0.1) is 0 Å². The predicted molar refractivity (Wildman–Crippen MR) is 102 cm³/mol. The first-order valence-corrected chi connectivity index (χ1v) is 8.75. The molecule has 28 heavy (non-hydrogen) atoms. The molecule has 8 heteroatoms. The molecule has 0 bridgehead atoms. The minimum Gasteiger partial charge on any atom is -0.494 e. The van der Waals surface area contributed by atoms with E-state index in [1.54, 1.807) is 30.1 Å². The number of primary amides is 1. The first kappa shape index (κ1) is 19.5. The molecule has 1 unspecified atom stereocenters. The lowest BCUT2D eigenvalue weighted by atomic mass is 10.1. The number of fused-ring (bicyclic) bond motifs is 1. The number of nitrogens with zero attached hydrogens (tertiary/aromatic N) is 2. The second-order valence-corrected chi connectivity index (χ2v) is 6.58. The van der Waals surface area contributed by atoms with E-state index < -0.39 is 17.8 Å². The van der Waals surface area contributed by atoms with E-state index in [2.05, 4.69) is 0 Å². The van der Waals surface area contributed by atoms with Crippen molar-refractivity contribution in [1.82, 2.24) is 4.90 Å². The lowest BCUT2D eigenvalue weighted by Crippen LogP contribution is -2.50. The first-order chi connectivity index (χ1) is 13.4. The van der Waals surface area contributed by atoms with Gasteiger partial charge in [-0.3, -0.25) is 9.59 Å². The maximum Gasteiger partial charge on any atom is 0.260 e. The number of anilines is 1. The van der Waals surface area contributed by atoms with Crippen molar-refractivity contribution in [2.75, 3.05) is 32.1 Å². The summed E-state index contributed by atoms with van der Waals surface area (Å²) in [6.45, 7) is 0.466. The minimum absolute atomic E-state index is 0.0410. The van der Waals surface area contributed by atoms with E-state index in [9.17, 15) is 14.0 Å². The molecule has 1 aliphatic rings. The van der Waals surface area contributed by atoms with Gasteiger partial charge in [-0.05, 0) is 29.8 Å². The van der Waals surface area contributed by atoms with Gasteiger partial charge in [0.15, 0.2) is 17.7 Å². The lowest BCUT2D eigenvalue weighted by Gasteiger charge is -2.35. The third-order valence-electron chi connectivity index (χ3n) is 4.57. The maximum absolute atomic E-state index is 13.9. The van der Waals surface area contributed by atoms with Crippen LogP contribution in [0, 0.1) is 5.82 Å².